The van der Waals surface area contributed by atoms with Gasteiger partial charge in [-0.3, -0.25) is 4.99 Å². The number of aliphatic hydroxyl groups is 1. The summed E-state index contributed by atoms with van der Waals surface area (Å²) < 4.78 is 13.5. The molecule has 3 N–H and O–H groups in total. The highest BCUT2D eigenvalue weighted by atomic mass is 19.1. The number of halogens is 1. The first-order valence-electron chi connectivity index (χ1n) is 11.0. The molecule has 0 heterocycles. The summed E-state index contributed by atoms with van der Waals surface area (Å²) in [6.07, 6.45) is 1.94. The molecule has 3 atom stereocenters. The minimum Gasteiger partial charge on any atom is -0.511 e. The van der Waals surface area contributed by atoms with E-state index < -0.39 is 5.41 Å². The molecule has 1 saturated carbocycles. The molecule has 0 radical (unpaired) electrons. The van der Waals surface area contributed by atoms with E-state index in [0.717, 1.165) is 34.5 Å². The van der Waals surface area contributed by atoms with Gasteiger partial charge >= 0.3 is 0 Å². The van der Waals surface area contributed by atoms with Gasteiger partial charge in [0.05, 0.1) is 23.0 Å². The molecule has 0 spiro atoms. The minimum absolute atomic E-state index is 0.133. The molecule has 4 rings (SSSR count). The molecule has 0 aromatic heterocycles. The summed E-state index contributed by atoms with van der Waals surface area (Å²) in [5.41, 5.74) is 11.7. The zero-order valence-electron chi connectivity index (χ0n) is 18.7. The van der Waals surface area contributed by atoms with E-state index >= 15 is 0 Å². The van der Waals surface area contributed by atoms with E-state index in [1.165, 1.54) is 12.1 Å². The number of aliphatic imine (C=N–C) groups is 1. The predicted molar refractivity (Wildman–Crippen MR) is 126 cm³/mol. The van der Waals surface area contributed by atoms with Crippen LogP contribution in [0.2, 0.25) is 0 Å². The van der Waals surface area contributed by atoms with Gasteiger partial charge in [0.15, 0.2) is 0 Å². The summed E-state index contributed by atoms with van der Waals surface area (Å²) >= 11 is 0. The molecule has 2 aliphatic carbocycles. The van der Waals surface area contributed by atoms with E-state index in [4.69, 9.17) is 10.7 Å². The SMILES string of the molecule is Cc1ccc(N=C2C(=C(N)c3ccc(F)cc3)CC[C@@H]3[C@@H](C)C(O)=C(C#N)C[C@@]23C)cc1. The average molecular weight is 430 g/mol. The number of aliphatic hydroxyl groups excluding tert-OH is 1. The maximum Gasteiger partial charge on any atom is 0.123 e. The van der Waals surface area contributed by atoms with Gasteiger partial charge in [0.2, 0.25) is 0 Å². The number of rotatable bonds is 2. The fraction of sp³-hybridized carbons (Fsp3) is 0.333. The first kappa shape index (κ1) is 21.8. The summed E-state index contributed by atoms with van der Waals surface area (Å²) in [7, 11) is 0. The van der Waals surface area contributed by atoms with Gasteiger partial charge in [-0.15, -0.1) is 0 Å². The molecular weight excluding hydrogens is 401 g/mol. The van der Waals surface area contributed by atoms with E-state index in [0.29, 0.717) is 24.1 Å². The number of benzene rings is 2. The lowest BCUT2D eigenvalue weighted by Crippen LogP contribution is -2.47. The van der Waals surface area contributed by atoms with Crippen molar-refractivity contribution in [3.05, 3.63) is 82.4 Å². The average Bonchev–Trinajstić information content (AvgIpc) is 2.78. The number of fused-ring (bicyclic) bond motifs is 1. The molecule has 2 aromatic carbocycles. The summed E-state index contributed by atoms with van der Waals surface area (Å²) in [6.45, 7) is 6.14. The third kappa shape index (κ3) is 3.71. The molecule has 0 amide bonds. The van der Waals surface area contributed by atoms with E-state index in [1.54, 1.807) is 12.1 Å². The monoisotopic (exact) mass is 429 g/mol. The van der Waals surface area contributed by atoms with Crippen LogP contribution in [0.3, 0.4) is 0 Å². The van der Waals surface area contributed by atoms with E-state index in [9.17, 15) is 14.8 Å². The summed E-state index contributed by atoms with van der Waals surface area (Å²) in [5, 5.41) is 20.3. The van der Waals surface area contributed by atoms with Crippen LogP contribution in [0.25, 0.3) is 5.70 Å². The highest BCUT2D eigenvalue weighted by molar-refractivity contribution is 6.11. The van der Waals surface area contributed by atoms with Gasteiger partial charge in [-0.1, -0.05) is 31.5 Å². The normalized spacial score (nSPS) is 28.3. The number of allylic oxidation sites excluding steroid dienone is 3. The number of nitrogens with two attached hydrogens (primary N) is 1. The first-order chi connectivity index (χ1) is 15.2. The van der Waals surface area contributed by atoms with Crippen molar-refractivity contribution in [1.82, 2.24) is 0 Å². The fourth-order valence-corrected chi connectivity index (χ4v) is 5.30. The Morgan fingerprint density at radius 1 is 1.19 bits per heavy atom. The molecule has 32 heavy (non-hydrogen) atoms. The molecule has 164 valence electrons. The van der Waals surface area contributed by atoms with Crippen LogP contribution in [0.1, 0.15) is 44.2 Å². The molecule has 0 aliphatic heterocycles. The number of hydrogen-bond donors (Lipinski definition) is 2. The molecule has 0 bridgehead atoms. The molecule has 0 unspecified atom stereocenters. The van der Waals surface area contributed by atoms with Crippen molar-refractivity contribution in [3.8, 4) is 6.07 Å². The Morgan fingerprint density at radius 3 is 2.47 bits per heavy atom. The van der Waals surface area contributed by atoms with Crippen LogP contribution in [-0.2, 0) is 0 Å². The Balaban J connectivity index is 1.92. The van der Waals surface area contributed by atoms with Crippen molar-refractivity contribution in [2.75, 3.05) is 0 Å². The Labute approximate surface area is 188 Å². The lowest BCUT2D eigenvalue weighted by Gasteiger charge is -2.49. The lowest BCUT2D eigenvalue weighted by atomic mass is 9.55. The van der Waals surface area contributed by atoms with E-state index in [2.05, 4.69) is 13.0 Å². The van der Waals surface area contributed by atoms with Crippen molar-refractivity contribution in [1.29, 1.82) is 5.26 Å². The maximum absolute atomic E-state index is 13.5. The zero-order valence-corrected chi connectivity index (χ0v) is 18.7. The van der Waals surface area contributed by atoms with Crippen LogP contribution in [0.4, 0.5) is 10.1 Å². The number of hydrogen-bond acceptors (Lipinski definition) is 4. The predicted octanol–water partition coefficient (Wildman–Crippen LogP) is 6.37. The molecule has 1 fully saturated rings. The molecule has 4 nitrogen and oxygen atoms in total. The zero-order chi connectivity index (χ0) is 23.0. The molecular formula is C27H28FN3O. The third-order valence-corrected chi connectivity index (χ3v) is 7.13. The van der Waals surface area contributed by atoms with Crippen LogP contribution in [0.15, 0.2) is 70.4 Å². The van der Waals surface area contributed by atoms with Gasteiger partial charge in [-0.25, -0.2) is 4.39 Å². The smallest absolute Gasteiger partial charge is 0.123 e. The van der Waals surface area contributed by atoms with Gasteiger partial charge in [0, 0.05) is 17.0 Å². The Morgan fingerprint density at radius 2 is 1.84 bits per heavy atom. The number of nitrogens with zero attached hydrogens (tertiary/aromatic N) is 2. The largest absolute Gasteiger partial charge is 0.511 e. The second-order valence-electron chi connectivity index (χ2n) is 9.20. The third-order valence-electron chi connectivity index (χ3n) is 7.13. The van der Waals surface area contributed by atoms with E-state index in [1.807, 2.05) is 38.1 Å². The van der Waals surface area contributed by atoms with Crippen LogP contribution in [-0.4, -0.2) is 10.8 Å². The van der Waals surface area contributed by atoms with Crippen molar-refractivity contribution < 1.29 is 9.50 Å². The van der Waals surface area contributed by atoms with Crippen molar-refractivity contribution in [2.45, 2.75) is 40.0 Å². The topological polar surface area (TPSA) is 82.4 Å². The lowest BCUT2D eigenvalue weighted by molar-refractivity contribution is 0.136. The van der Waals surface area contributed by atoms with Gasteiger partial charge < -0.3 is 10.8 Å². The maximum atomic E-state index is 13.5. The van der Waals surface area contributed by atoms with Crippen LogP contribution < -0.4 is 5.73 Å². The number of nitriles is 1. The highest BCUT2D eigenvalue weighted by Gasteiger charge is 2.51. The number of aryl methyl sites for hydroxylation is 1. The Hall–Kier alpha value is -3.39. The van der Waals surface area contributed by atoms with Gasteiger partial charge in [0.25, 0.3) is 0 Å². The minimum atomic E-state index is -0.459. The van der Waals surface area contributed by atoms with Gasteiger partial charge in [-0.05, 0) is 79.6 Å². The quantitative estimate of drug-likeness (QED) is 0.582. The summed E-state index contributed by atoms with van der Waals surface area (Å²) in [5.74, 6) is -0.117. The van der Waals surface area contributed by atoms with Crippen LogP contribution in [0.5, 0.6) is 0 Å². The van der Waals surface area contributed by atoms with Gasteiger partial charge in [-0.2, -0.15) is 5.26 Å². The molecule has 2 aliphatic rings. The standard InChI is InChI=1S/C27H28FN3O/c1-16-4-10-21(11-5-16)31-26-22(24(30)18-6-8-20(28)9-7-18)12-13-23-17(2)25(32)19(15-29)14-27(23,26)3/h4-11,17,23,32H,12-14,30H2,1-3H3/t17-,23-,27-/m1/s1. The van der Waals surface area contributed by atoms with Gasteiger partial charge in [0.1, 0.15) is 11.6 Å². The second kappa shape index (κ2) is 8.27. The van der Waals surface area contributed by atoms with E-state index in [-0.39, 0.29) is 23.4 Å². The fourth-order valence-electron chi connectivity index (χ4n) is 5.30. The van der Waals surface area contributed by atoms with Crippen LogP contribution >= 0.6 is 0 Å². The first-order valence-corrected chi connectivity index (χ1v) is 11.0. The van der Waals surface area contributed by atoms with Crippen molar-refractivity contribution in [3.63, 3.8) is 0 Å². The molecule has 2 aromatic rings. The summed E-state index contributed by atoms with van der Waals surface area (Å²) in [6, 6.07) is 16.4. The molecule has 5 heteroatoms. The molecule has 0 saturated heterocycles. The van der Waals surface area contributed by atoms with Crippen molar-refractivity contribution >= 4 is 17.1 Å². The Bertz CT molecular complexity index is 1170. The highest BCUT2D eigenvalue weighted by Crippen LogP contribution is 2.54. The van der Waals surface area contributed by atoms with Crippen molar-refractivity contribution in [2.24, 2.45) is 28.0 Å². The van der Waals surface area contributed by atoms with Crippen LogP contribution in [0, 0.1) is 41.3 Å². The summed E-state index contributed by atoms with van der Waals surface area (Å²) in [4.78, 5) is 5.08. The second-order valence-corrected chi connectivity index (χ2v) is 9.20. The Kier molecular flexibility index (Phi) is 5.64.